The number of anilines is 1. The first-order valence-electron chi connectivity index (χ1n) is 6.77. The lowest BCUT2D eigenvalue weighted by Gasteiger charge is -2.24. The predicted octanol–water partition coefficient (Wildman–Crippen LogP) is 2.16. The molecule has 0 aliphatic heterocycles. The fourth-order valence-corrected chi connectivity index (χ4v) is 2.13. The monoisotopic (exact) mass is 259 g/mol. The third kappa shape index (κ3) is 4.41. The molecule has 1 N–H and O–H groups in total. The molecule has 0 spiro atoms. The van der Waals surface area contributed by atoms with Crippen LogP contribution in [0.25, 0.3) is 0 Å². The molecule has 0 amide bonds. The Kier molecular flexibility index (Phi) is 5.44. The Bertz CT molecular complexity index is 442. The van der Waals surface area contributed by atoms with Gasteiger partial charge in [0.25, 0.3) is 0 Å². The van der Waals surface area contributed by atoms with Crippen molar-refractivity contribution in [3.8, 4) is 0 Å². The standard InChI is InChI=1S/C15H21N3O/c19-13-5-11-18(15-6-2-1-3-7-15)10-4-9-17-12-8-16-14-17/h1-3,6-8,12,14,19H,4-5,9-11,13H2. The van der Waals surface area contributed by atoms with Gasteiger partial charge in [0.05, 0.1) is 6.33 Å². The van der Waals surface area contributed by atoms with Crippen LogP contribution in [-0.2, 0) is 6.54 Å². The van der Waals surface area contributed by atoms with Gasteiger partial charge in [-0.25, -0.2) is 4.98 Å². The molecule has 2 rings (SSSR count). The summed E-state index contributed by atoms with van der Waals surface area (Å²) in [4.78, 5) is 6.37. The maximum Gasteiger partial charge on any atom is 0.0945 e. The molecule has 2 aromatic rings. The molecule has 1 aromatic heterocycles. The second kappa shape index (κ2) is 7.59. The van der Waals surface area contributed by atoms with Gasteiger partial charge in [-0.05, 0) is 25.0 Å². The summed E-state index contributed by atoms with van der Waals surface area (Å²) in [6.45, 7) is 3.10. The van der Waals surface area contributed by atoms with Crippen LogP contribution in [0, 0.1) is 0 Å². The zero-order valence-corrected chi connectivity index (χ0v) is 11.2. The Hall–Kier alpha value is -1.81. The number of rotatable bonds is 8. The molecule has 0 aliphatic rings. The van der Waals surface area contributed by atoms with Crippen molar-refractivity contribution in [2.24, 2.45) is 0 Å². The van der Waals surface area contributed by atoms with Gasteiger partial charge in [0.1, 0.15) is 0 Å². The number of nitrogens with zero attached hydrogens (tertiary/aromatic N) is 3. The smallest absolute Gasteiger partial charge is 0.0945 e. The molecule has 0 unspecified atom stereocenters. The highest BCUT2D eigenvalue weighted by Gasteiger charge is 2.05. The van der Waals surface area contributed by atoms with Crippen LogP contribution in [0.15, 0.2) is 49.1 Å². The minimum absolute atomic E-state index is 0.241. The van der Waals surface area contributed by atoms with E-state index < -0.39 is 0 Å². The van der Waals surface area contributed by atoms with Gasteiger partial charge in [0, 0.05) is 44.3 Å². The average Bonchev–Trinajstić information content (AvgIpc) is 2.97. The molecule has 0 bridgehead atoms. The van der Waals surface area contributed by atoms with Crippen LogP contribution < -0.4 is 4.90 Å². The van der Waals surface area contributed by atoms with Crippen molar-refractivity contribution >= 4 is 5.69 Å². The highest BCUT2D eigenvalue weighted by molar-refractivity contribution is 5.45. The molecule has 102 valence electrons. The number of aryl methyl sites for hydroxylation is 1. The number of aromatic nitrogens is 2. The lowest BCUT2D eigenvalue weighted by Crippen LogP contribution is -2.27. The van der Waals surface area contributed by atoms with E-state index in [2.05, 4.69) is 38.7 Å². The fraction of sp³-hybridized carbons (Fsp3) is 0.400. The third-order valence-electron chi connectivity index (χ3n) is 3.11. The summed E-state index contributed by atoms with van der Waals surface area (Å²) in [6, 6.07) is 10.4. The Balaban J connectivity index is 1.87. The molecule has 0 atom stereocenters. The lowest BCUT2D eigenvalue weighted by molar-refractivity contribution is 0.289. The Labute approximate surface area is 114 Å². The van der Waals surface area contributed by atoms with Crippen molar-refractivity contribution < 1.29 is 5.11 Å². The minimum atomic E-state index is 0.241. The van der Waals surface area contributed by atoms with Crippen molar-refractivity contribution in [1.82, 2.24) is 9.55 Å². The molecule has 4 nitrogen and oxygen atoms in total. The summed E-state index contributed by atoms with van der Waals surface area (Å²) >= 11 is 0. The van der Waals surface area contributed by atoms with Gasteiger partial charge >= 0.3 is 0 Å². The van der Waals surface area contributed by atoms with Gasteiger partial charge in [-0.15, -0.1) is 0 Å². The normalized spacial score (nSPS) is 10.6. The van der Waals surface area contributed by atoms with E-state index in [-0.39, 0.29) is 6.61 Å². The highest BCUT2D eigenvalue weighted by atomic mass is 16.3. The minimum Gasteiger partial charge on any atom is -0.396 e. The third-order valence-corrected chi connectivity index (χ3v) is 3.11. The van der Waals surface area contributed by atoms with Gasteiger partial charge < -0.3 is 14.6 Å². The van der Waals surface area contributed by atoms with E-state index in [4.69, 9.17) is 5.11 Å². The molecule has 1 heterocycles. The second-order valence-corrected chi connectivity index (χ2v) is 4.55. The summed E-state index contributed by atoms with van der Waals surface area (Å²) in [6.07, 6.45) is 7.51. The number of hydrogen-bond acceptors (Lipinski definition) is 3. The van der Waals surface area contributed by atoms with Crippen LogP contribution in [0.2, 0.25) is 0 Å². The molecular formula is C15H21N3O. The number of aliphatic hydroxyl groups excluding tert-OH is 1. The molecule has 0 saturated carbocycles. The molecule has 0 aliphatic carbocycles. The van der Waals surface area contributed by atoms with Crippen molar-refractivity contribution in [3.63, 3.8) is 0 Å². The van der Waals surface area contributed by atoms with E-state index in [1.165, 1.54) is 5.69 Å². The van der Waals surface area contributed by atoms with E-state index >= 15 is 0 Å². The van der Waals surface area contributed by atoms with Crippen molar-refractivity contribution in [2.75, 3.05) is 24.6 Å². The largest absolute Gasteiger partial charge is 0.396 e. The molecule has 0 radical (unpaired) electrons. The van der Waals surface area contributed by atoms with Gasteiger partial charge in [0.15, 0.2) is 0 Å². The Morgan fingerprint density at radius 1 is 1.11 bits per heavy atom. The van der Waals surface area contributed by atoms with Crippen LogP contribution in [0.3, 0.4) is 0 Å². The van der Waals surface area contributed by atoms with E-state index in [1.807, 2.05) is 18.6 Å². The van der Waals surface area contributed by atoms with E-state index in [1.54, 1.807) is 6.20 Å². The van der Waals surface area contributed by atoms with Crippen LogP contribution in [0.5, 0.6) is 0 Å². The summed E-state index contributed by atoms with van der Waals surface area (Å²) in [7, 11) is 0. The molecule has 4 heteroatoms. The van der Waals surface area contributed by atoms with Gasteiger partial charge in [-0.1, -0.05) is 18.2 Å². The fourth-order valence-electron chi connectivity index (χ4n) is 2.13. The van der Waals surface area contributed by atoms with Crippen molar-refractivity contribution in [2.45, 2.75) is 19.4 Å². The zero-order chi connectivity index (χ0) is 13.3. The maximum absolute atomic E-state index is 9.00. The number of imidazole rings is 1. The van der Waals surface area contributed by atoms with Crippen LogP contribution in [0.1, 0.15) is 12.8 Å². The lowest BCUT2D eigenvalue weighted by atomic mass is 10.2. The van der Waals surface area contributed by atoms with E-state index in [9.17, 15) is 0 Å². The van der Waals surface area contributed by atoms with Crippen molar-refractivity contribution in [1.29, 1.82) is 0 Å². The topological polar surface area (TPSA) is 41.3 Å². The SMILES string of the molecule is OCCCN(CCCn1ccnc1)c1ccccc1. The summed E-state index contributed by atoms with van der Waals surface area (Å²) in [5.74, 6) is 0. The number of para-hydroxylation sites is 1. The summed E-state index contributed by atoms with van der Waals surface area (Å²) in [5.41, 5.74) is 1.22. The van der Waals surface area contributed by atoms with Gasteiger partial charge in [-0.2, -0.15) is 0 Å². The van der Waals surface area contributed by atoms with Crippen LogP contribution in [0.4, 0.5) is 5.69 Å². The molecular weight excluding hydrogens is 238 g/mol. The molecule has 19 heavy (non-hydrogen) atoms. The number of hydrogen-bond donors (Lipinski definition) is 1. The Morgan fingerprint density at radius 3 is 2.58 bits per heavy atom. The van der Waals surface area contributed by atoms with Gasteiger partial charge in [-0.3, -0.25) is 0 Å². The first kappa shape index (κ1) is 13.6. The van der Waals surface area contributed by atoms with Crippen LogP contribution in [-0.4, -0.2) is 34.4 Å². The highest BCUT2D eigenvalue weighted by Crippen LogP contribution is 2.14. The number of aliphatic hydroxyl groups is 1. The first-order chi connectivity index (χ1) is 9.40. The zero-order valence-electron chi connectivity index (χ0n) is 11.2. The second-order valence-electron chi connectivity index (χ2n) is 4.55. The van der Waals surface area contributed by atoms with Crippen LogP contribution >= 0.6 is 0 Å². The Morgan fingerprint density at radius 2 is 1.89 bits per heavy atom. The first-order valence-corrected chi connectivity index (χ1v) is 6.77. The van der Waals surface area contributed by atoms with Gasteiger partial charge in [0.2, 0.25) is 0 Å². The van der Waals surface area contributed by atoms with E-state index in [0.717, 1.165) is 32.5 Å². The number of benzene rings is 1. The maximum atomic E-state index is 9.00. The molecule has 1 aromatic carbocycles. The quantitative estimate of drug-likeness (QED) is 0.790. The molecule has 0 fully saturated rings. The average molecular weight is 259 g/mol. The van der Waals surface area contributed by atoms with E-state index in [0.29, 0.717) is 0 Å². The summed E-state index contributed by atoms with van der Waals surface area (Å²) in [5, 5.41) is 9.00. The predicted molar refractivity (Wildman–Crippen MR) is 77.2 cm³/mol. The summed E-state index contributed by atoms with van der Waals surface area (Å²) < 4.78 is 2.09. The molecule has 0 saturated heterocycles. The van der Waals surface area contributed by atoms with Crippen molar-refractivity contribution in [3.05, 3.63) is 49.1 Å².